The number of nitrogens with one attached hydrogen (secondary N) is 3. The van der Waals surface area contributed by atoms with E-state index < -0.39 is 0 Å². The third-order valence-electron chi connectivity index (χ3n) is 6.59. The van der Waals surface area contributed by atoms with E-state index in [1.165, 1.54) is 19.3 Å². The van der Waals surface area contributed by atoms with Gasteiger partial charge in [0.25, 0.3) is 0 Å². The van der Waals surface area contributed by atoms with Crippen LogP contribution >= 0.6 is 0 Å². The monoisotopic (exact) mass is 379 g/mol. The zero-order valence-electron chi connectivity index (χ0n) is 17.0. The van der Waals surface area contributed by atoms with Crippen molar-refractivity contribution in [2.24, 2.45) is 5.92 Å². The van der Waals surface area contributed by atoms with Crippen molar-refractivity contribution in [1.29, 1.82) is 0 Å². The van der Waals surface area contributed by atoms with Gasteiger partial charge in [-0.2, -0.15) is 0 Å². The fraction of sp³-hybridized carbons (Fsp3) is 0.900. The predicted molar refractivity (Wildman–Crippen MR) is 107 cm³/mol. The molecule has 3 N–H and O–H groups in total. The van der Waals surface area contributed by atoms with Crippen LogP contribution in [0.25, 0.3) is 0 Å². The summed E-state index contributed by atoms with van der Waals surface area (Å²) >= 11 is 0. The van der Waals surface area contributed by atoms with Crippen molar-refractivity contribution in [2.45, 2.75) is 76.9 Å². The molecular formula is C20H37N5O2. The first-order chi connectivity index (χ1) is 13.1. The van der Waals surface area contributed by atoms with Crippen LogP contribution in [0.4, 0.5) is 9.59 Å². The minimum atomic E-state index is 0.00970. The molecule has 0 aromatic heterocycles. The standard InChI is InChI=1S/C20H37N5O2/c1-3-21-20(27)25-13-10-17(14-25)24-11-8-16(9-12-24)22-19(26)23-18-7-5-4-6-15(18)2/h15-18H,3-14H2,1-2H3,(H,21,27)(H2,22,23,26)/t15-,17?,18+/m0/s1. The van der Waals surface area contributed by atoms with Gasteiger partial charge in [0, 0.05) is 50.8 Å². The summed E-state index contributed by atoms with van der Waals surface area (Å²) < 4.78 is 0. The molecule has 0 bridgehead atoms. The highest BCUT2D eigenvalue weighted by Crippen LogP contribution is 2.24. The largest absolute Gasteiger partial charge is 0.338 e. The second-order valence-electron chi connectivity index (χ2n) is 8.52. The Hall–Kier alpha value is -1.50. The average Bonchev–Trinajstić information content (AvgIpc) is 3.15. The number of piperidine rings is 1. The number of hydrogen-bond acceptors (Lipinski definition) is 3. The summed E-state index contributed by atoms with van der Waals surface area (Å²) in [5, 5.41) is 9.28. The van der Waals surface area contributed by atoms with Gasteiger partial charge in [-0.25, -0.2) is 9.59 Å². The van der Waals surface area contributed by atoms with Gasteiger partial charge in [-0.3, -0.25) is 4.90 Å². The van der Waals surface area contributed by atoms with Crippen LogP contribution in [0.1, 0.15) is 58.8 Å². The maximum atomic E-state index is 12.4. The molecule has 0 aromatic carbocycles. The summed E-state index contributed by atoms with van der Waals surface area (Å²) in [7, 11) is 0. The molecule has 7 nitrogen and oxygen atoms in total. The molecular weight excluding hydrogens is 342 g/mol. The van der Waals surface area contributed by atoms with Gasteiger partial charge >= 0.3 is 12.1 Å². The zero-order chi connectivity index (χ0) is 19.2. The summed E-state index contributed by atoms with van der Waals surface area (Å²) in [6.45, 7) is 8.54. The SMILES string of the molecule is CCNC(=O)N1CCC(N2CCC(NC(=O)N[C@@H]3CCCC[C@@H]3C)CC2)C1. The lowest BCUT2D eigenvalue weighted by Gasteiger charge is -2.36. The lowest BCUT2D eigenvalue weighted by Crippen LogP contribution is -2.53. The molecule has 2 saturated heterocycles. The molecule has 3 aliphatic rings. The smallest absolute Gasteiger partial charge is 0.317 e. The molecule has 3 atom stereocenters. The fourth-order valence-electron chi connectivity index (χ4n) is 4.82. The Morgan fingerprint density at radius 3 is 2.41 bits per heavy atom. The maximum Gasteiger partial charge on any atom is 0.317 e. The molecule has 1 saturated carbocycles. The lowest BCUT2D eigenvalue weighted by atomic mass is 9.86. The Kier molecular flexibility index (Phi) is 7.21. The maximum absolute atomic E-state index is 12.4. The normalized spacial score (nSPS) is 30.1. The fourth-order valence-corrected chi connectivity index (χ4v) is 4.82. The van der Waals surface area contributed by atoms with Crippen LogP contribution in [0.15, 0.2) is 0 Å². The Bertz CT molecular complexity index is 507. The first-order valence-electron chi connectivity index (χ1n) is 10.9. The molecule has 4 amide bonds. The topological polar surface area (TPSA) is 76.7 Å². The average molecular weight is 380 g/mol. The van der Waals surface area contributed by atoms with Crippen molar-refractivity contribution in [3.8, 4) is 0 Å². The number of carbonyl (C=O) groups excluding carboxylic acids is 2. The third kappa shape index (κ3) is 5.50. The van der Waals surface area contributed by atoms with Gasteiger partial charge in [0.2, 0.25) is 0 Å². The van der Waals surface area contributed by atoms with E-state index in [-0.39, 0.29) is 18.1 Å². The van der Waals surface area contributed by atoms with Gasteiger partial charge in [-0.15, -0.1) is 0 Å². The van der Waals surface area contributed by atoms with Crippen LogP contribution in [0.5, 0.6) is 0 Å². The highest BCUT2D eigenvalue weighted by molar-refractivity contribution is 5.75. The zero-order valence-corrected chi connectivity index (χ0v) is 17.0. The molecule has 3 rings (SSSR count). The second-order valence-corrected chi connectivity index (χ2v) is 8.52. The van der Waals surface area contributed by atoms with Gasteiger partial charge < -0.3 is 20.9 Å². The summed E-state index contributed by atoms with van der Waals surface area (Å²) in [6.07, 6.45) is 7.88. The number of urea groups is 2. The summed E-state index contributed by atoms with van der Waals surface area (Å²) in [4.78, 5) is 28.8. The van der Waals surface area contributed by atoms with Crippen LogP contribution < -0.4 is 16.0 Å². The first-order valence-corrected chi connectivity index (χ1v) is 10.9. The molecule has 154 valence electrons. The van der Waals surface area contributed by atoms with E-state index >= 15 is 0 Å². The molecule has 1 unspecified atom stereocenters. The van der Waals surface area contributed by atoms with Crippen molar-refractivity contribution < 1.29 is 9.59 Å². The quantitative estimate of drug-likeness (QED) is 0.700. The number of nitrogens with zero attached hydrogens (tertiary/aromatic N) is 2. The van der Waals surface area contributed by atoms with Crippen molar-refractivity contribution in [3.63, 3.8) is 0 Å². The summed E-state index contributed by atoms with van der Waals surface area (Å²) in [5.74, 6) is 0.585. The molecule has 1 aliphatic carbocycles. The van der Waals surface area contributed by atoms with Crippen LogP contribution in [-0.2, 0) is 0 Å². The van der Waals surface area contributed by atoms with Crippen molar-refractivity contribution in [1.82, 2.24) is 25.8 Å². The molecule has 0 spiro atoms. The number of rotatable bonds is 4. The number of hydrogen-bond donors (Lipinski definition) is 3. The van der Waals surface area contributed by atoms with Gasteiger partial charge in [-0.05, 0) is 44.9 Å². The number of amides is 4. The molecule has 3 fully saturated rings. The molecule has 2 heterocycles. The molecule has 0 aromatic rings. The van der Waals surface area contributed by atoms with Gasteiger partial charge in [0.1, 0.15) is 0 Å². The first kappa shape index (κ1) is 20.2. The van der Waals surface area contributed by atoms with Crippen molar-refractivity contribution in [3.05, 3.63) is 0 Å². The predicted octanol–water partition coefficient (Wildman–Crippen LogP) is 2.13. The van der Waals surface area contributed by atoms with Crippen LogP contribution in [0.2, 0.25) is 0 Å². The van der Waals surface area contributed by atoms with E-state index in [1.54, 1.807) is 0 Å². The van der Waals surface area contributed by atoms with E-state index in [0.29, 0.717) is 24.5 Å². The highest BCUT2D eigenvalue weighted by atomic mass is 16.2. The third-order valence-corrected chi connectivity index (χ3v) is 6.59. The van der Waals surface area contributed by atoms with Crippen molar-refractivity contribution in [2.75, 3.05) is 32.7 Å². The van der Waals surface area contributed by atoms with E-state index in [9.17, 15) is 9.59 Å². The van der Waals surface area contributed by atoms with Gasteiger partial charge in [-0.1, -0.05) is 19.8 Å². The Balaban J connectivity index is 1.36. The van der Waals surface area contributed by atoms with E-state index in [0.717, 1.165) is 51.9 Å². The van der Waals surface area contributed by atoms with Crippen LogP contribution in [0.3, 0.4) is 0 Å². The van der Waals surface area contributed by atoms with Crippen molar-refractivity contribution >= 4 is 12.1 Å². The Morgan fingerprint density at radius 1 is 0.963 bits per heavy atom. The highest BCUT2D eigenvalue weighted by Gasteiger charge is 2.33. The summed E-state index contributed by atoms with van der Waals surface area (Å²) in [6, 6.07) is 1.13. The molecule has 27 heavy (non-hydrogen) atoms. The van der Waals surface area contributed by atoms with Crippen LogP contribution in [0, 0.1) is 5.92 Å². The number of carbonyl (C=O) groups is 2. The minimum absolute atomic E-state index is 0.00970. The lowest BCUT2D eigenvalue weighted by molar-refractivity contribution is 0.143. The number of likely N-dealkylation sites (tertiary alicyclic amines) is 2. The van der Waals surface area contributed by atoms with Gasteiger partial charge in [0.15, 0.2) is 0 Å². The molecule has 0 radical (unpaired) electrons. The Morgan fingerprint density at radius 2 is 1.70 bits per heavy atom. The second kappa shape index (κ2) is 9.62. The molecule has 7 heteroatoms. The van der Waals surface area contributed by atoms with E-state index in [2.05, 4.69) is 27.8 Å². The molecule has 2 aliphatic heterocycles. The van der Waals surface area contributed by atoms with Crippen LogP contribution in [-0.4, -0.2) is 72.7 Å². The summed E-state index contributed by atoms with van der Waals surface area (Å²) in [5.41, 5.74) is 0. The van der Waals surface area contributed by atoms with E-state index in [4.69, 9.17) is 0 Å². The minimum Gasteiger partial charge on any atom is -0.338 e. The van der Waals surface area contributed by atoms with E-state index in [1.807, 2.05) is 11.8 Å². The Labute approximate surface area is 163 Å². The van der Waals surface area contributed by atoms with Gasteiger partial charge in [0.05, 0.1) is 0 Å².